The summed E-state index contributed by atoms with van der Waals surface area (Å²) in [6, 6.07) is 3.46. The summed E-state index contributed by atoms with van der Waals surface area (Å²) in [7, 11) is -3.69. The highest BCUT2D eigenvalue weighted by molar-refractivity contribution is 7.99. The molecular weight excluding hydrogens is 404 g/mol. The first-order valence-corrected chi connectivity index (χ1v) is 10.4. The van der Waals surface area contributed by atoms with E-state index in [4.69, 9.17) is 26.8 Å². The lowest BCUT2D eigenvalue weighted by molar-refractivity contribution is 0.174. The second kappa shape index (κ2) is 6.86. The molecule has 2 aromatic heterocycles. The van der Waals surface area contributed by atoms with E-state index in [1.165, 1.54) is 18.1 Å². The minimum Gasteiger partial charge on any atom is -0.454 e. The zero-order valence-corrected chi connectivity index (χ0v) is 16.0. The van der Waals surface area contributed by atoms with Crippen LogP contribution in [0, 0.1) is 12.3 Å². The molecule has 0 saturated heterocycles. The van der Waals surface area contributed by atoms with Gasteiger partial charge in [0.25, 0.3) is 0 Å². The quantitative estimate of drug-likeness (QED) is 0.567. The Morgan fingerprint density at radius 1 is 1.29 bits per heavy atom. The van der Waals surface area contributed by atoms with Gasteiger partial charge in [0.05, 0.1) is 5.75 Å². The van der Waals surface area contributed by atoms with Crippen LogP contribution >= 0.6 is 11.8 Å². The van der Waals surface area contributed by atoms with Gasteiger partial charge in [-0.25, -0.2) is 28.5 Å². The number of sulfonamides is 1. The van der Waals surface area contributed by atoms with Gasteiger partial charge in [0, 0.05) is 23.1 Å². The number of primary sulfonamides is 1. The average molecular weight is 418 g/mol. The molecule has 0 aliphatic carbocycles. The Morgan fingerprint density at radius 2 is 2.04 bits per heavy atom. The highest BCUT2D eigenvalue weighted by Crippen LogP contribution is 2.40. The predicted molar refractivity (Wildman–Crippen MR) is 102 cm³/mol. The minimum absolute atomic E-state index is 0.0457. The predicted octanol–water partition coefficient (Wildman–Crippen LogP) is 0.558. The SMILES string of the molecule is C#Cc1cc2c(cc1Sc1nc3c(N)ncnc3n1CCS(N)(=O)=O)OCO2. The molecule has 0 saturated carbocycles. The highest BCUT2D eigenvalue weighted by atomic mass is 32.2. The standard InChI is InChI=1S/C16H14N6O4S2/c1-2-9-5-10-11(26-8-25-10)6-12(9)27-16-21-13-14(17)19-7-20-15(13)22(16)3-4-28(18,23)24/h1,5-7H,3-4,8H2,(H2,17,19,20)(H2,18,23,24). The summed E-state index contributed by atoms with van der Waals surface area (Å²) in [6.45, 7) is 0.163. The molecule has 0 atom stereocenters. The van der Waals surface area contributed by atoms with Crippen molar-refractivity contribution in [2.75, 3.05) is 18.3 Å². The van der Waals surface area contributed by atoms with Crippen LogP contribution in [-0.4, -0.2) is 40.5 Å². The number of imidazole rings is 1. The number of benzene rings is 1. The van der Waals surface area contributed by atoms with Crippen molar-refractivity contribution in [2.24, 2.45) is 5.14 Å². The fraction of sp³-hybridized carbons (Fsp3) is 0.188. The molecule has 0 fully saturated rings. The number of terminal acetylenes is 1. The Balaban J connectivity index is 1.80. The van der Waals surface area contributed by atoms with Crippen molar-refractivity contribution in [1.82, 2.24) is 19.5 Å². The third-order valence-corrected chi connectivity index (χ3v) is 5.76. The van der Waals surface area contributed by atoms with Crippen LogP contribution in [-0.2, 0) is 16.6 Å². The largest absolute Gasteiger partial charge is 0.454 e. The third-order valence-electron chi connectivity index (χ3n) is 3.96. The minimum atomic E-state index is -3.69. The maximum atomic E-state index is 11.5. The van der Waals surface area contributed by atoms with Gasteiger partial charge in [-0.1, -0.05) is 17.7 Å². The van der Waals surface area contributed by atoms with E-state index in [-0.39, 0.29) is 24.9 Å². The van der Waals surface area contributed by atoms with Crippen molar-refractivity contribution in [3.05, 3.63) is 24.0 Å². The van der Waals surface area contributed by atoms with Gasteiger partial charge in [-0.05, 0) is 6.07 Å². The second-order valence-corrected chi connectivity index (χ2v) is 8.54. The fourth-order valence-electron chi connectivity index (χ4n) is 2.65. The Bertz CT molecular complexity index is 1230. The zero-order valence-electron chi connectivity index (χ0n) is 14.3. The molecule has 0 spiro atoms. The molecule has 0 radical (unpaired) electrons. The van der Waals surface area contributed by atoms with Crippen molar-refractivity contribution < 1.29 is 17.9 Å². The third kappa shape index (κ3) is 3.42. The van der Waals surface area contributed by atoms with Crippen LogP contribution in [0.3, 0.4) is 0 Å². The molecule has 1 aliphatic rings. The number of ether oxygens (including phenoxy) is 2. The number of nitrogen functional groups attached to an aromatic ring is 1. The molecule has 10 nitrogen and oxygen atoms in total. The number of anilines is 1. The van der Waals surface area contributed by atoms with Crippen LogP contribution in [0.15, 0.2) is 28.5 Å². The van der Waals surface area contributed by atoms with Crippen molar-refractivity contribution in [2.45, 2.75) is 16.6 Å². The summed E-state index contributed by atoms with van der Waals surface area (Å²) >= 11 is 1.23. The molecule has 144 valence electrons. The van der Waals surface area contributed by atoms with E-state index in [0.717, 1.165) is 0 Å². The molecule has 3 heterocycles. The van der Waals surface area contributed by atoms with Gasteiger partial charge in [-0.15, -0.1) is 6.42 Å². The van der Waals surface area contributed by atoms with Crippen molar-refractivity contribution in [3.63, 3.8) is 0 Å². The van der Waals surface area contributed by atoms with Crippen molar-refractivity contribution in [1.29, 1.82) is 0 Å². The van der Waals surface area contributed by atoms with Crippen LogP contribution in [0.5, 0.6) is 11.5 Å². The number of rotatable bonds is 5. The van der Waals surface area contributed by atoms with E-state index in [1.807, 2.05) is 0 Å². The number of fused-ring (bicyclic) bond motifs is 2. The van der Waals surface area contributed by atoms with Gasteiger partial charge in [0.1, 0.15) is 6.33 Å². The van der Waals surface area contributed by atoms with E-state index in [0.29, 0.717) is 38.3 Å². The lowest BCUT2D eigenvalue weighted by Crippen LogP contribution is -2.20. The summed E-state index contributed by atoms with van der Waals surface area (Å²) in [6.07, 6.45) is 6.91. The van der Waals surface area contributed by atoms with Gasteiger partial charge in [0.15, 0.2) is 33.6 Å². The summed E-state index contributed by atoms with van der Waals surface area (Å²) in [5.41, 5.74) is 7.25. The molecule has 0 bridgehead atoms. The second-order valence-electron chi connectivity index (χ2n) is 5.79. The molecule has 1 aliphatic heterocycles. The number of nitrogens with two attached hydrogens (primary N) is 2. The number of hydrogen-bond acceptors (Lipinski definition) is 9. The number of nitrogens with zero attached hydrogens (tertiary/aromatic N) is 4. The number of aromatic nitrogens is 4. The molecule has 1 aromatic carbocycles. The maximum absolute atomic E-state index is 11.5. The van der Waals surface area contributed by atoms with Crippen LogP contribution in [0.1, 0.15) is 5.56 Å². The van der Waals surface area contributed by atoms with Gasteiger partial charge < -0.3 is 19.8 Å². The Hall–Kier alpha value is -3.01. The maximum Gasteiger partial charge on any atom is 0.231 e. The normalized spacial score (nSPS) is 13.0. The van der Waals surface area contributed by atoms with E-state index in [1.54, 1.807) is 16.7 Å². The van der Waals surface area contributed by atoms with Gasteiger partial charge >= 0.3 is 0 Å². The van der Waals surface area contributed by atoms with E-state index in [9.17, 15) is 8.42 Å². The summed E-state index contributed by atoms with van der Waals surface area (Å²) in [4.78, 5) is 13.3. The molecule has 0 amide bonds. The Labute approximate surface area is 164 Å². The Kier molecular flexibility index (Phi) is 4.50. The number of aryl methyl sites for hydroxylation is 1. The van der Waals surface area contributed by atoms with Crippen LogP contribution in [0.2, 0.25) is 0 Å². The van der Waals surface area contributed by atoms with Gasteiger partial charge in [-0.3, -0.25) is 0 Å². The first-order chi connectivity index (χ1) is 13.4. The Morgan fingerprint density at radius 3 is 2.75 bits per heavy atom. The van der Waals surface area contributed by atoms with Gasteiger partial charge in [-0.2, -0.15) is 0 Å². The van der Waals surface area contributed by atoms with Gasteiger partial charge in [0.2, 0.25) is 16.8 Å². The molecule has 3 aromatic rings. The first kappa shape index (κ1) is 18.4. The summed E-state index contributed by atoms with van der Waals surface area (Å²) in [5.74, 6) is 3.62. The lowest BCUT2D eigenvalue weighted by atomic mass is 10.2. The van der Waals surface area contributed by atoms with Crippen LogP contribution in [0.25, 0.3) is 11.2 Å². The molecule has 12 heteroatoms. The van der Waals surface area contributed by atoms with Crippen molar-refractivity contribution >= 4 is 38.8 Å². The monoisotopic (exact) mass is 418 g/mol. The molecule has 4 N–H and O–H groups in total. The van der Waals surface area contributed by atoms with E-state index >= 15 is 0 Å². The lowest BCUT2D eigenvalue weighted by Gasteiger charge is -2.09. The van der Waals surface area contributed by atoms with Crippen LogP contribution in [0.4, 0.5) is 5.82 Å². The molecule has 4 rings (SSSR count). The summed E-state index contributed by atoms with van der Waals surface area (Å²) < 4.78 is 35.3. The average Bonchev–Trinajstić information content (AvgIpc) is 3.23. The van der Waals surface area contributed by atoms with Crippen molar-refractivity contribution in [3.8, 4) is 23.8 Å². The molecule has 0 unspecified atom stereocenters. The first-order valence-electron chi connectivity index (χ1n) is 7.91. The van der Waals surface area contributed by atoms with E-state index in [2.05, 4.69) is 20.9 Å². The van der Waals surface area contributed by atoms with Crippen LogP contribution < -0.4 is 20.3 Å². The topological polar surface area (TPSA) is 148 Å². The highest BCUT2D eigenvalue weighted by Gasteiger charge is 2.21. The summed E-state index contributed by atoms with van der Waals surface area (Å²) in [5, 5.41) is 5.60. The number of hydrogen-bond donors (Lipinski definition) is 2. The molecular formula is C16H14N6O4S2. The smallest absolute Gasteiger partial charge is 0.231 e. The van der Waals surface area contributed by atoms with E-state index < -0.39 is 10.0 Å². The fourth-order valence-corrected chi connectivity index (χ4v) is 4.10. The molecule has 28 heavy (non-hydrogen) atoms. The zero-order chi connectivity index (χ0) is 19.9.